The lowest BCUT2D eigenvalue weighted by Gasteiger charge is -2.05. The molecule has 1 heterocycles. The van der Waals surface area contributed by atoms with Crippen LogP contribution in [0.15, 0.2) is 32.5 Å². The predicted octanol–water partition coefficient (Wildman–Crippen LogP) is 5.45. The molecule has 0 bridgehead atoms. The van der Waals surface area contributed by atoms with Gasteiger partial charge in [-0.1, -0.05) is 11.6 Å². The fourth-order valence-corrected chi connectivity index (χ4v) is 3.80. The normalized spacial score (nSPS) is 10.5. The van der Waals surface area contributed by atoms with Crippen LogP contribution in [0.1, 0.15) is 4.88 Å². The van der Waals surface area contributed by atoms with Crippen LogP contribution in [0.2, 0.25) is 5.02 Å². The molecule has 0 atom stereocenters. The Balaban J connectivity index is 2.08. The number of thiophene rings is 1. The van der Waals surface area contributed by atoms with Crippen LogP contribution in [0.4, 0.5) is 11.4 Å². The second-order valence-corrected chi connectivity index (χ2v) is 7.33. The first-order chi connectivity index (χ1) is 8.97. The van der Waals surface area contributed by atoms with Crippen molar-refractivity contribution < 1.29 is 4.92 Å². The largest absolute Gasteiger partial charge is 0.380 e. The zero-order valence-electron chi connectivity index (χ0n) is 9.32. The van der Waals surface area contributed by atoms with E-state index in [9.17, 15) is 10.1 Å². The Morgan fingerprint density at radius 1 is 1.37 bits per heavy atom. The molecule has 0 fully saturated rings. The molecule has 1 aromatic heterocycles. The fraction of sp³-hybridized carbons (Fsp3) is 0.0909. The zero-order valence-corrected chi connectivity index (χ0v) is 14.1. The number of halogens is 3. The Labute approximate surface area is 135 Å². The van der Waals surface area contributed by atoms with Crippen LogP contribution in [-0.4, -0.2) is 4.92 Å². The maximum Gasteiger partial charge on any atom is 0.288 e. The van der Waals surface area contributed by atoms with Crippen LogP contribution in [0.5, 0.6) is 0 Å². The molecule has 4 nitrogen and oxygen atoms in total. The van der Waals surface area contributed by atoms with Gasteiger partial charge in [0.2, 0.25) is 0 Å². The van der Waals surface area contributed by atoms with E-state index in [0.29, 0.717) is 6.54 Å². The molecule has 0 aliphatic heterocycles. The summed E-state index contributed by atoms with van der Waals surface area (Å²) in [6.07, 6.45) is 0. The Kier molecular flexibility index (Phi) is 4.83. The minimum absolute atomic E-state index is 0.0890. The molecular formula is C11H7Br2ClN2O2S. The number of anilines is 1. The first-order valence-electron chi connectivity index (χ1n) is 5.09. The third-order valence-electron chi connectivity index (χ3n) is 2.31. The molecule has 0 radical (unpaired) electrons. The van der Waals surface area contributed by atoms with E-state index in [4.69, 9.17) is 11.6 Å². The van der Waals surface area contributed by atoms with Gasteiger partial charge in [-0.25, -0.2) is 0 Å². The van der Waals surface area contributed by atoms with Crippen LogP contribution in [0.25, 0.3) is 0 Å². The van der Waals surface area contributed by atoms with Crippen molar-refractivity contribution >= 4 is 66.2 Å². The predicted molar refractivity (Wildman–Crippen MR) is 85.2 cm³/mol. The Bertz CT molecular complexity index is 614. The van der Waals surface area contributed by atoms with E-state index in [1.165, 1.54) is 6.07 Å². The van der Waals surface area contributed by atoms with Crippen LogP contribution >= 0.6 is 54.8 Å². The lowest BCUT2D eigenvalue weighted by molar-refractivity contribution is -0.384. The highest BCUT2D eigenvalue weighted by molar-refractivity contribution is 9.13. The van der Waals surface area contributed by atoms with Crippen LogP contribution in [0.3, 0.4) is 0 Å². The molecule has 2 aromatic rings. The molecule has 1 aromatic carbocycles. The van der Waals surface area contributed by atoms with Crippen LogP contribution in [-0.2, 0) is 6.54 Å². The Hall–Kier alpha value is -0.630. The Morgan fingerprint density at radius 2 is 2.11 bits per heavy atom. The van der Waals surface area contributed by atoms with Crippen LogP contribution < -0.4 is 5.32 Å². The van der Waals surface area contributed by atoms with E-state index in [1.807, 2.05) is 6.07 Å². The summed E-state index contributed by atoms with van der Waals surface area (Å²) in [5.41, 5.74) is 0.657. The number of rotatable bonds is 4. The van der Waals surface area contributed by atoms with E-state index in [0.717, 1.165) is 18.8 Å². The van der Waals surface area contributed by atoms with Gasteiger partial charge in [0.05, 0.1) is 8.71 Å². The average molecular weight is 427 g/mol. The monoisotopic (exact) mass is 424 g/mol. The van der Waals surface area contributed by atoms with E-state index in [-0.39, 0.29) is 10.7 Å². The highest BCUT2D eigenvalue weighted by Gasteiger charge is 2.12. The summed E-state index contributed by atoms with van der Waals surface area (Å²) in [6, 6.07) is 6.60. The molecule has 8 heteroatoms. The number of nitrogens with zero attached hydrogens (tertiary/aromatic N) is 1. The second-order valence-electron chi connectivity index (χ2n) is 3.61. The summed E-state index contributed by atoms with van der Waals surface area (Å²) >= 11 is 14.3. The van der Waals surface area contributed by atoms with E-state index < -0.39 is 4.92 Å². The molecule has 0 unspecified atom stereocenters. The highest BCUT2D eigenvalue weighted by atomic mass is 79.9. The van der Waals surface area contributed by atoms with Gasteiger partial charge in [0.1, 0.15) is 5.02 Å². The van der Waals surface area contributed by atoms with Crippen LogP contribution in [0, 0.1) is 10.1 Å². The number of nitro benzene ring substituents is 1. The number of benzene rings is 1. The van der Waals surface area contributed by atoms with E-state index in [2.05, 4.69) is 37.2 Å². The molecule has 100 valence electrons. The molecule has 0 spiro atoms. The third kappa shape index (κ3) is 3.68. The molecule has 0 amide bonds. The average Bonchev–Trinajstić information content (AvgIpc) is 2.66. The van der Waals surface area contributed by atoms with Crippen molar-refractivity contribution in [2.45, 2.75) is 6.54 Å². The lowest BCUT2D eigenvalue weighted by atomic mass is 10.3. The first-order valence-corrected chi connectivity index (χ1v) is 7.87. The lowest BCUT2D eigenvalue weighted by Crippen LogP contribution is -1.98. The maximum atomic E-state index is 10.6. The molecule has 1 N–H and O–H groups in total. The molecule has 2 rings (SSSR count). The number of nitrogens with one attached hydrogen (secondary N) is 1. The van der Waals surface area contributed by atoms with E-state index in [1.54, 1.807) is 23.5 Å². The second kappa shape index (κ2) is 6.21. The van der Waals surface area contributed by atoms with Crippen molar-refractivity contribution in [3.05, 3.63) is 52.5 Å². The van der Waals surface area contributed by atoms with Crippen molar-refractivity contribution in [1.82, 2.24) is 0 Å². The smallest absolute Gasteiger partial charge is 0.288 e. The van der Waals surface area contributed by atoms with Crippen molar-refractivity contribution in [1.29, 1.82) is 0 Å². The summed E-state index contributed by atoms with van der Waals surface area (Å²) < 4.78 is 2.04. The highest BCUT2D eigenvalue weighted by Crippen LogP contribution is 2.33. The van der Waals surface area contributed by atoms with Gasteiger partial charge in [-0.3, -0.25) is 10.1 Å². The topological polar surface area (TPSA) is 55.2 Å². The Morgan fingerprint density at radius 3 is 2.63 bits per heavy atom. The summed E-state index contributed by atoms with van der Waals surface area (Å²) in [5.74, 6) is 0. The standard InChI is InChI=1S/C11H7Br2ClN2O2S/c12-8-4-7(19-11(8)13)5-15-6-1-2-10(16(17)18)9(14)3-6/h1-4,15H,5H2. The third-order valence-corrected chi connectivity index (χ3v) is 5.87. The van der Waals surface area contributed by atoms with Gasteiger partial charge in [-0.2, -0.15) is 0 Å². The SMILES string of the molecule is O=[N+]([O-])c1ccc(NCc2cc(Br)c(Br)s2)cc1Cl. The van der Waals surface area contributed by atoms with Gasteiger partial charge in [0, 0.05) is 27.6 Å². The molecular weight excluding hydrogens is 419 g/mol. The van der Waals surface area contributed by atoms with Crippen molar-refractivity contribution in [2.75, 3.05) is 5.32 Å². The zero-order chi connectivity index (χ0) is 14.0. The van der Waals surface area contributed by atoms with E-state index >= 15 is 0 Å². The van der Waals surface area contributed by atoms with Crippen molar-refractivity contribution in [3.8, 4) is 0 Å². The molecule has 19 heavy (non-hydrogen) atoms. The number of hydrogen-bond donors (Lipinski definition) is 1. The number of nitro groups is 1. The van der Waals surface area contributed by atoms with Gasteiger partial charge < -0.3 is 5.32 Å². The van der Waals surface area contributed by atoms with Gasteiger partial charge in [0.15, 0.2) is 0 Å². The van der Waals surface area contributed by atoms with Crippen molar-refractivity contribution in [3.63, 3.8) is 0 Å². The minimum Gasteiger partial charge on any atom is -0.380 e. The molecule has 0 aliphatic rings. The van der Waals surface area contributed by atoms with Gasteiger partial charge in [-0.05, 0) is 50.1 Å². The molecule has 0 saturated heterocycles. The quantitative estimate of drug-likeness (QED) is 0.523. The maximum absolute atomic E-state index is 10.6. The van der Waals surface area contributed by atoms with Gasteiger partial charge in [0.25, 0.3) is 5.69 Å². The molecule has 0 saturated carbocycles. The van der Waals surface area contributed by atoms with Gasteiger partial charge >= 0.3 is 0 Å². The fourth-order valence-electron chi connectivity index (χ4n) is 1.43. The number of hydrogen-bond acceptors (Lipinski definition) is 4. The summed E-state index contributed by atoms with van der Waals surface area (Å²) in [4.78, 5) is 11.3. The summed E-state index contributed by atoms with van der Waals surface area (Å²) in [6.45, 7) is 0.628. The van der Waals surface area contributed by atoms with Gasteiger partial charge in [-0.15, -0.1) is 11.3 Å². The molecule has 0 aliphatic carbocycles. The van der Waals surface area contributed by atoms with Crippen molar-refractivity contribution in [2.24, 2.45) is 0 Å². The summed E-state index contributed by atoms with van der Waals surface area (Å²) in [7, 11) is 0. The first kappa shape index (κ1) is 14.8. The summed E-state index contributed by atoms with van der Waals surface area (Å²) in [5, 5.41) is 13.9. The minimum atomic E-state index is -0.500.